The third-order valence-corrected chi connectivity index (χ3v) is 5.11. The van der Waals surface area contributed by atoms with Crippen LogP contribution in [0.4, 0.5) is 0 Å². The van der Waals surface area contributed by atoms with Crippen molar-refractivity contribution in [1.82, 2.24) is 10.2 Å². The smallest absolute Gasteiger partial charge is 0.326 e. The summed E-state index contributed by atoms with van der Waals surface area (Å²) in [5.41, 5.74) is 0.847. The molecule has 1 saturated carbocycles. The molecule has 0 aromatic heterocycles. The van der Waals surface area contributed by atoms with Crippen LogP contribution in [-0.4, -0.2) is 47.4 Å². The van der Waals surface area contributed by atoms with Gasteiger partial charge in [-0.15, -0.1) is 0 Å². The molecule has 0 saturated heterocycles. The molecule has 0 bridgehead atoms. The van der Waals surface area contributed by atoms with Gasteiger partial charge in [0, 0.05) is 19.9 Å². The fraction of sp³-hybridized carbons (Fsp3) is 0.550. The van der Waals surface area contributed by atoms with Crippen LogP contribution in [0, 0.1) is 5.92 Å². The third kappa shape index (κ3) is 6.17. The second-order valence-corrected chi connectivity index (χ2v) is 7.01. The van der Waals surface area contributed by atoms with Crippen LogP contribution in [-0.2, 0) is 20.8 Å². The number of hydrogen-bond donors (Lipinski definition) is 2. The Balaban J connectivity index is 1.79. The lowest BCUT2D eigenvalue weighted by Crippen LogP contribution is -2.47. The van der Waals surface area contributed by atoms with Crippen molar-refractivity contribution in [3.63, 3.8) is 0 Å². The quantitative estimate of drug-likeness (QED) is 0.707. The molecule has 6 nitrogen and oxygen atoms in total. The van der Waals surface area contributed by atoms with Gasteiger partial charge >= 0.3 is 5.97 Å². The van der Waals surface area contributed by atoms with Gasteiger partial charge in [0.2, 0.25) is 11.8 Å². The maximum atomic E-state index is 12.3. The van der Waals surface area contributed by atoms with Gasteiger partial charge < -0.3 is 15.3 Å². The first-order chi connectivity index (χ1) is 12.5. The Morgan fingerprint density at radius 1 is 1.19 bits per heavy atom. The standard InChI is InChI=1S/C20H28N2O4/c1-22(17(20(25)26)13-16-9-3-2-4-10-16)19(24)14-21-18(23)12-11-15-7-5-6-8-15/h2-4,9-10,15,17H,5-8,11-14H2,1H3,(H,21,23)(H,25,26). The van der Waals surface area contributed by atoms with Crippen molar-refractivity contribution in [2.24, 2.45) is 5.92 Å². The minimum Gasteiger partial charge on any atom is -0.480 e. The summed E-state index contributed by atoms with van der Waals surface area (Å²) < 4.78 is 0. The van der Waals surface area contributed by atoms with E-state index in [0.29, 0.717) is 12.3 Å². The summed E-state index contributed by atoms with van der Waals surface area (Å²) in [6.45, 7) is -0.168. The van der Waals surface area contributed by atoms with Gasteiger partial charge in [0.05, 0.1) is 6.54 Å². The summed E-state index contributed by atoms with van der Waals surface area (Å²) in [5.74, 6) is -0.977. The molecule has 1 atom stereocenters. The molecular weight excluding hydrogens is 332 g/mol. The van der Waals surface area contributed by atoms with Crippen molar-refractivity contribution < 1.29 is 19.5 Å². The molecule has 1 aromatic carbocycles. The lowest BCUT2D eigenvalue weighted by Gasteiger charge is -2.25. The lowest BCUT2D eigenvalue weighted by atomic mass is 10.0. The second kappa shape index (κ2) is 9.94. The van der Waals surface area contributed by atoms with Gasteiger partial charge in [0.25, 0.3) is 0 Å². The van der Waals surface area contributed by atoms with Gasteiger partial charge in [-0.2, -0.15) is 0 Å². The molecular formula is C20H28N2O4. The van der Waals surface area contributed by atoms with Gasteiger partial charge in [-0.05, 0) is 17.9 Å². The maximum absolute atomic E-state index is 12.3. The van der Waals surface area contributed by atoms with E-state index in [1.807, 2.05) is 30.3 Å². The molecule has 6 heteroatoms. The number of carboxylic acids is 1. The predicted octanol–water partition coefficient (Wildman–Crippen LogP) is 2.23. The van der Waals surface area contributed by atoms with E-state index in [1.165, 1.54) is 37.6 Å². The van der Waals surface area contributed by atoms with E-state index in [-0.39, 0.29) is 18.9 Å². The average molecular weight is 360 g/mol. The monoisotopic (exact) mass is 360 g/mol. The third-order valence-electron chi connectivity index (χ3n) is 5.11. The lowest BCUT2D eigenvalue weighted by molar-refractivity contribution is -0.148. The molecule has 2 amide bonds. The van der Waals surface area contributed by atoms with Crippen molar-refractivity contribution in [2.45, 2.75) is 51.0 Å². The van der Waals surface area contributed by atoms with Crippen LogP contribution in [0.25, 0.3) is 0 Å². The molecule has 1 fully saturated rings. The number of amides is 2. The minimum absolute atomic E-state index is 0.145. The van der Waals surface area contributed by atoms with E-state index in [9.17, 15) is 19.5 Å². The van der Waals surface area contributed by atoms with Crippen molar-refractivity contribution in [2.75, 3.05) is 13.6 Å². The molecule has 1 aliphatic rings. The number of aliphatic carboxylic acids is 1. The highest BCUT2D eigenvalue weighted by Gasteiger charge is 2.27. The highest BCUT2D eigenvalue weighted by atomic mass is 16.4. The van der Waals surface area contributed by atoms with E-state index in [2.05, 4.69) is 5.32 Å². The van der Waals surface area contributed by atoms with Crippen LogP contribution in [0.5, 0.6) is 0 Å². The van der Waals surface area contributed by atoms with Crippen LogP contribution in [0.15, 0.2) is 30.3 Å². The normalized spacial score (nSPS) is 15.4. The Kier molecular flexibility index (Phi) is 7.63. The van der Waals surface area contributed by atoms with Gasteiger partial charge in [0.1, 0.15) is 6.04 Å². The number of nitrogens with one attached hydrogen (secondary N) is 1. The number of carbonyl (C=O) groups excluding carboxylic acids is 2. The van der Waals surface area contributed by atoms with Crippen LogP contribution in [0.3, 0.4) is 0 Å². The second-order valence-electron chi connectivity index (χ2n) is 7.01. The Bertz CT molecular complexity index is 611. The highest BCUT2D eigenvalue weighted by Crippen LogP contribution is 2.28. The zero-order chi connectivity index (χ0) is 18.9. The molecule has 0 spiro atoms. The molecule has 2 rings (SSSR count). The molecule has 0 heterocycles. The average Bonchev–Trinajstić information content (AvgIpc) is 3.16. The molecule has 142 valence electrons. The zero-order valence-electron chi connectivity index (χ0n) is 15.3. The van der Waals surface area contributed by atoms with Crippen LogP contribution >= 0.6 is 0 Å². The Labute approximate surface area is 154 Å². The summed E-state index contributed by atoms with van der Waals surface area (Å²) in [6, 6.07) is 8.23. The van der Waals surface area contributed by atoms with Crippen LogP contribution in [0.1, 0.15) is 44.1 Å². The number of carboxylic acid groups (broad SMARTS) is 1. The minimum atomic E-state index is -1.06. The molecule has 2 N–H and O–H groups in total. The number of carbonyl (C=O) groups is 3. The predicted molar refractivity (Wildman–Crippen MR) is 98.5 cm³/mol. The summed E-state index contributed by atoms with van der Waals surface area (Å²) in [6.07, 6.45) is 6.38. The Morgan fingerprint density at radius 3 is 2.46 bits per heavy atom. The number of rotatable bonds is 9. The number of benzene rings is 1. The van der Waals surface area contributed by atoms with Gasteiger partial charge in [-0.1, -0.05) is 56.0 Å². The van der Waals surface area contributed by atoms with Crippen molar-refractivity contribution >= 4 is 17.8 Å². The van der Waals surface area contributed by atoms with Crippen molar-refractivity contribution in [3.05, 3.63) is 35.9 Å². The Morgan fingerprint density at radius 2 is 1.85 bits per heavy atom. The Hall–Kier alpha value is -2.37. The van der Waals surface area contributed by atoms with Crippen LogP contribution in [0.2, 0.25) is 0 Å². The largest absolute Gasteiger partial charge is 0.480 e. The van der Waals surface area contributed by atoms with Gasteiger partial charge in [-0.3, -0.25) is 9.59 Å². The number of likely N-dealkylation sites (N-methyl/N-ethyl adjacent to an activating group) is 1. The first-order valence-electron chi connectivity index (χ1n) is 9.26. The van der Waals surface area contributed by atoms with Gasteiger partial charge in [-0.25, -0.2) is 4.79 Å². The molecule has 0 aliphatic heterocycles. The van der Waals surface area contributed by atoms with E-state index in [4.69, 9.17) is 0 Å². The summed E-state index contributed by atoms with van der Waals surface area (Å²) in [5, 5.41) is 12.1. The van der Waals surface area contributed by atoms with Crippen molar-refractivity contribution in [1.29, 1.82) is 0 Å². The van der Waals surface area contributed by atoms with Crippen molar-refractivity contribution in [3.8, 4) is 0 Å². The maximum Gasteiger partial charge on any atom is 0.326 e. The molecule has 0 radical (unpaired) electrons. The number of hydrogen-bond acceptors (Lipinski definition) is 3. The van der Waals surface area contributed by atoms with Crippen LogP contribution < -0.4 is 5.32 Å². The number of nitrogens with zero attached hydrogens (tertiary/aromatic N) is 1. The molecule has 1 unspecified atom stereocenters. The fourth-order valence-electron chi connectivity index (χ4n) is 3.42. The zero-order valence-corrected chi connectivity index (χ0v) is 15.3. The van der Waals surface area contributed by atoms with E-state index in [1.54, 1.807) is 0 Å². The highest BCUT2D eigenvalue weighted by molar-refractivity contribution is 5.87. The molecule has 1 aromatic rings. The van der Waals surface area contributed by atoms with Gasteiger partial charge in [0.15, 0.2) is 0 Å². The first-order valence-corrected chi connectivity index (χ1v) is 9.26. The topological polar surface area (TPSA) is 86.7 Å². The fourth-order valence-corrected chi connectivity index (χ4v) is 3.42. The summed E-state index contributed by atoms with van der Waals surface area (Å²) in [7, 11) is 1.47. The van der Waals surface area contributed by atoms with E-state index < -0.39 is 17.9 Å². The summed E-state index contributed by atoms with van der Waals surface area (Å²) in [4.78, 5) is 37.0. The van der Waals surface area contributed by atoms with E-state index in [0.717, 1.165) is 12.0 Å². The van der Waals surface area contributed by atoms with E-state index >= 15 is 0 Å². The molecule has 26 heavy (non-hydrogen) atoms. The first kappa shape index (κ1) is 19.9. The SMILES string of the molecule is CN(C(=O)CNC(=O)CCC1CCCC1)C(Cc1ccccc1)C(=O)O. The summed E-state index contributed by atoms with van der Waals surface area (Å²) >= 11 is 0. The molecule has 1 aliphatic carbocycles.